The molecule has 0 aromatic carbocycles. The van der Waals surface area contributed by atoms with Gasteiger partial charge in [-0.25, -0.2) is 0 Å². The average Bonchev–Trinajstić information content (AvgIpc) is 1.94. The second-order valence-electron chi connectivity index (χ2n) is 1.80. The molecule has 0 atom stereocenters. The van der Waals surface area contributed by atoms with Crippen molar-refractivity contribution in [2.24, 2.45) is 0 Å². The standard InChI is InChI=1S/C5H4N2O4/c8-5-4(7(10)11)2-1-3-6(5)9/h1-3,9H. The van der Waals surface area contributed by atoms with Crippen LogP contribution in [0.5, 0.6) is 0 Å². The minimum Gasteiger partial charge on any atom is -0.425 e. The van der Waals surface area contributed by atoms with Crippen LogP contribution in [0.1, 0.15) is 0 Å². The molecule has 0 bridgehead atoms. The van der Waals surface area contributed by atoms with Gasteiger partial charge in [-0.05, 0) is 6.07 Å². The zero-order valence-electron chi connectivity index (χ0n) is 5.30. The van der Waals surface area contributed by atoms with Gasteiger partial charge in [-0.3, -0.25) is 14.9 Å². The second kappa shape index (κ2) is 2.41. The maximum atomic E-state index is 10.7. The van der Waals surface area contributed by atoms with Gasteiger partial charge in [-0.15, -0.1) is 4.73 Å². The maximum absolute atomic E-state index is 10.7. The lowest BCUT2D eigenvalue weighted by Gasteiger charge is -1.92. The number of nitro groups is 1. The van der Waals surface area contributed by atoms with Gasteiger partial charge in [0, 0.05) is 12.3 Å². The number of hydrogen-bond donors (Lipinski definition) is 1. The zero-order valence-corrected chi connectivity index (χ0v) is 5.30. The molecule has 58 valence electrons. The highest BCUT2D eigenvalue weighted by Crippen LogP contribution is 1.99. The molecule has 11 heavy (non-hydrogen) atoms. The van der Waals surface area contributed by atoms with Gasteiger partial charge in [0.25, 0.3) is 0 Å². The Kier molecular flexibility index (Phi) is 1.59. The van der Waals surface area contributed by atoms with Crippen molar-refractivity contribution in [1.82, 2.24) is 4.73 Å². The van der Waals surface area contributed by atoms with Gasteiger partial charge in [-0.2, -0.15) is 0 Å². The number of pyridine rings is 1. The molecule has 0 aliphatic heterocycles. The molecule has 0 aliphatic carbocycles. The van der Waals surface area contributed by atoms with Crippen molar-refractivity contribution < 1.29 is 10.1 Å². The summed E-state index contributed by atoms with van der Waals surface area (Å²) >= 11 is 0. The maximum Gasteiger partial charge on any atom is 0.360 e. The molecule has 6 heteroatoms. The predicted molar refractivity (Wildman–Crippen MR) is 34.5 cm³/mol. The third-order valence-corrected chi connectivity index (χ3v) is 1.11. The van der Waals surface area contributed by atoms with Crippen molar-refractivity contribution in [2.45, 2.75) is 0 Å². The van der Waals surface area contributed by atoms with Crippen molar-refractivity contribution in [1.29, 1.82) is 0 Å². The summed E-state index contributed by atoms with van der Waals surface area (Å²) in [5, 5.41) is 18.7. The largest absolute Gasteiger partial charge is 0.425 e. The molecule has 0 saturated heterocycles. The van der Waals surface area contributed by atoms with Gasteiger partial charge in [0.1, 0.15) is 0 Å². The first-order chi connectivity index (χ1) is 5.13. The molecular weight excluding hydrogens is 152 g/mol. The Labute approximate surface area is 60.4 Å². The van der Waals surface area contributed by atoms with Crippen LogP contribution in [-0.2, 0) is 0 Å². The molecule has 0 saturated carbocycles. The lowest BCUT2D eigenvalue weighted by atomic mass is 10.4. The Hall–Kier alpha value is -1.85. The molecular formula is C5H4N2O4. The van der Waals surface area contributed by atoms with Crippen molar-refractivity contribution in [3.8, 4) is 0 Å². The first-order valence-electron chi connectivity index (χ1n) is 2.68. The molecule has 6 nitrogen and oxygen atoms in total. The van der Waals surface area contributed by atoms with Crippen LogP contribution in [0.2, 0.25) is 0 Å². The highest BCUT2D eigenvalue weighted by Gasteiger charge is 2.12. The normalized spacial score (nSPS) is 9.45. The minimum atomic E-state index is -1.03. The summed E-state index contributed by atoms with van der Waals surface area (Å²) in [6, 6.07) is 2.23. The highest BCUT2D eigenvalue weighted by atomic mass is 16.6. The lowest BCUT2D eigenvalue weighted by Crippen LogP contribution is -2.19. The van der Waals surface area contributed by atoms with Gasteiger partial charge in [0.2, 0.25) is 0 Å². The van der Waals surface area contributed by atoms with E-state index in [9.17, 15) is 14.9 Å². The summed E-state index contributed by atoms with van der Waals surface area (Å²) < 4.78 is 0.165. The van der Waals surface area contributed by atoms with E-state index in [0.717, 1.165) is 12.3 Å². The van der Waals surface area contributed by atoms with Gasteiger partial charge >= 0.3 is 11.2 Å². The van der Waals surface area contributed by atoms with Crippen LogP contribution >= 0.6 is 0 Å². The molecule has 0 amide bonds. The zero-order chi connectivity index (χ0) is 8.43. The van der Waals surface area contributed by atoms with Crippen LogP contribution in [0, 0.1) is 10.1 Å². The smallest absolute Gasteiger partial charge is 0.360 e. The second-order valence-corrected chi connectivity index (χ2v) is 1.80. The van der Waals surface area contributed by atoms with E-state index in [-0.39, 0.29) is 4.73 Å². The Morgan fingerprint density at radius 3 is 2.73 bits per heavy atom. The average molecular weight is 156 g/mol. The summed E-state index contributed by atoms with van der Waals surface area (Å²) in [6.45, 7) is 0. The van der Waals surface area contributed by atoms with Gasteiger partial charge < -0.3 is 5.21 Å². The Morgan fingerprint density at radius 2 is 2.27 bits per heavy atom. The van der Waals surface area contributed by atoms with Crippen LogP contribution in [-0.4, -0.2) is 14.9 Å². The Balaban J connectivity index is 3.40. The number of hydrogen-bond acceptors (Lipinski definition) is 4. The molecule has 1 aromatic heterocycles. The molecule has 1 aromatic rings. The lowest BCUT2D eigenvalue weighted by molar-refractivity contribution is -0.386. The molecule has 0 radical (unpaired) electrons. The minimum absolute atomic E-state index is 0.165. The highest BCUT2D eigenvalue weighted by molar-refractivity contribution is 5.24. The van der Waals surface area contributed by atoms with E-state index in [1.807, 2.05) is 0 Å². The summed E-state index contributed by atoms with van der Waals surface area (Å²) in [5.41, 5.74) is -1.67. The predicted octanol–water partition coefficient (Wildman–Crippen LogP) is -0.00620. The summed E-state index contributed by atoms with van der Waals surface area (Å²) in [5.74, 6) is 0. The van der Waals surface area contributed by atoms with Crippen LogP contribution in [0.4, 0.5) is 5.69 Å². The van der Waals surface area contributed by atoms with Crippen LogP contribution in [0.25, 0.3) is 0 Å². The summed E-state index contributed by atoms with van der Waals surface area (Å²) in [6.07, 6.45) is 1.02. The van der Waals surface area contributed by atoms with Crippen LogP contribution in [0.15, 0.2) is 23.1 Å². The molecule has 1 heterocycles. The van der Waals surface area contributed by atoms with Crippen LogP contribution in [0.3, 0.4) is 0 Å². The topological polar surface area (TPSA) is 85.4 Å². The third-order valence-electron chi connectivity index (χ3n) is 1.11. The Bertz CT molecular complexity index is 343. The fraction of sp³-hybridized carbons (Fsp3) is 0. The van der Waals surface area contributed by atoms with Gasteiger partial charge in [-0.1, -0.05) is 0 Å². The van der Waals surface area contributed by atoms with E-state index in [0.29, 0.717) is 0 Å². The fourth-order valence-electron chi connectivity index (χ4n) is 0.611. The molecule has 0 spiro atoms. The molecule has 0 fully saturated rings. The third kappa shape index (κ3) is 1.18. The van der Waals surface area contributed by atoms with Crippen molar-refractivity contribution in [3.63, 3.8) is 0 Å². The molecule has 0 aliphatic rings. The van der Waals surface area contributed by atoms with E-state index in [4.69, 9.17) is 5.21 Å². The molecule has 1 N–H and O–H groups in total. The molecule has 0 unspecified atom stereocenters. The van der Waals surface area contributed by atoms with Crippen LogP contribution < -0.4 is 5.56 Å². The summed E-state index contributed by atoms with van der Waals surface area (Å²) in [7, 11) is 0. The SMILES string of the molecule is O=c1c([N+](=O)[O-])cccn1O. The monoisotopic (exact) mass is 156 g/mol. The number of aromatic nitrogens is 1. The van der Waals surface area contributed by atoms with Gasteiger partial charge in [0.05, 0.1) is 4.92 Å². The summed E-state index contributed by atoms with van der Waals surface area (Å²) in [4.78, 5) is 19.9. The first kappa shape index (κ1) is 7.26. The van der Waals surface area contributed by atoms with E-state index < -0.39 is 16.2 Å². The van der Waals surface area contributed by atoms with E-state index in [1.54, 1.807) is 0 Å². The van der Waals surface area contributed by atoms with E-state index >= 15 is 0 Å². The number of rotatable bonds is 1. The molecule has 1 rings (SSSR count). The first-order valence-corrected chi connectivity index (χ1v) is 2.68. The Morgan fingerprint density at radius 1 is 1.64 bits per heavy atom. The quantitative estimate of drug-likeness (QED) is 0.352. The fourth-order valence-corrected chi connectivity index (χ4v) is 0.611. The van der Waals surface area contributed by atoms with E-state index in [2.05, 4.69) is 0 Å². The van der Waals surface area contributed by atoms with Crippen molar-refractivity contribution in [2.75, 3.05) is 0 Å². The van der Waals surface area contributed by atoms with Crippen molar-refractivity contribution in [3.05, 3.63) is 38.8 Å². The van der Waals surface area contributed by atoms with Gasteiger partial charge in [0.15, 0.2) is 0 Å². The number of nitrogens with zero attached hydrogens (tertiary/aromatic N) is 2. The van der Waals surface area contributed by atoms with E-state index in [1.165, 1.54) is 6.07 Å². The van der Waals surface area contributed by atoms with Crippen molar-refractivity contribution >= 4 is 5.69 Å².